The molecule has 0 aliphatic carbocycles. The van der Waals surface area contributed by atoms with Gasteiger partial charge in [0.2, 0.25) is 0 Å². The van der Waals surface area contributed by atoms with Gasteiger partial charge in [-0.1, -0.05) is 24.3 Å². The second-order valence-corrected chi connectivity index (χ2v) is 6.05. The number of rotatable bonds is 5. The van der Waals surface area contributed by atoms with Crippen molar-refractivity contribution in [1.29, 1.82) is 0 Å². The van der Waals surface area contributed by atoms with Gasteiger partial charge in [0.15, 0.2) is 0 Å². The highest BCUT2D eigenvalue weighted by atomic mass is 16.5. The van der Waals surface area contributed by atoms with Gasteiger partial charge in [0.05, 0.1) is 7.11 Å². The first-order valence-electron chi connectivity index (χ1n) is 8.55. The number of ether oxygens (including phenoxy) is 1. The molecule has 142 valence electrons. The first-order chi connectivity index (χ1) is 13.5. The van der Waals surface area contributed by atoms with Gasteiger partial charge in [-0.2, -0.15) is 0 Å². The highest BCUT2D eigenvalue weighted by Crippen LogP contribution is 2.22. The van der Waals surface area contributed by atoms with Crippen molar-refractivity contribution >= 4 is 29.6 Å². The van der Waals surface area contributed by atoms with Gasteiger partial charge in [-0.3, -0.25) is 0 Å². The van der Waals surface area contributed by atoms with Crippen LogP contribution in [0.5, 0.6) is 17.2 Å². The van der Waals surface area contributed by atoms with Crippen molar-refractivity contribution in [3.63, 3.8) is 0 Å². The van der Waals surface area contributed by atoms with Crippen molar-refractivity contribution in [1.82, 2.24) is 0 Å². The molecule has 0 spiro atoms. The normalized spacial score (nSPS) is 10.6. The number of aromatic hydroxyl groups is 2. The van der Waals surface area contributed by atoms with E-state index in [1.807, 2.05) is 18.2 Å². The first kappa shape index (κ1) is 18.8. The summed E-state index contributed by atoms with van der Waals surface area (Å²) >= 11 is 0. The van der Waals surface area contributed by atoms with Gasteiger partial charge in [0, 0.05) is 17.4 Å². The lowest BCUT2D eigenvalue weighted by Gasteiger charge is -2.08. The maximum absolute atomic E-state index is 12.1. The number of carbonyl (C=O) groups is 1. The minimum Gasteiger partial charge on any atom is -0.508 e. The van der Waals surface area contributed by atoms with Crippen molar-refractivity contribution in [2.45, 2.75) is 0 Å². The monoisotopic (exact) mass is 376 g/mol. The van der Waals surface area contributed by atoms with Crippen LogP contribution in [0.2, 0.25) is 0 Å². The molecule has 28 heavy (non-hydrogen) atoms. The smallest absolute Gasteiger partial charge is 0.323 e. The number of hydrogen-bond acceptors (Lipinski definition) is 4. The number of benzene rings is 3. The van der Waals surface area contributed by atoms with Crippen molar-refractivity contribution in [2.75, 3.05) is 17.7 Å². The summed E-state index contributed by atoms with van der Waals surface area (Å²) in [6.45, 7) is 0. The maximum atomic E-state index is 12.1. The molecule has 3 aromatic rings. The lowest BCUT2D eigenvalue weighted by Crippen LogP contribution is -2.19. The maximum Gasteiger partial charge on any atom is 0.323 e. The van der Waals surface area contributed by atoms with Gasteiger partial charge in [-0.05, 0) is 59.7 Å². The molecule has 0 fully saturated rings. The molecule has 2 amide bonds. The van der Waals surface area contributed by atoms with E-state index >= 15 is 0 Å². The number of amides is 2. The number of anilines is 2. The van der Waals surface area contributed by atoms with Crippen LogP contribution >= 0.6 is 0 Å². The quantitative estimate of drug-likeness (QED) is 0.476. The van der Waals surface area contributed by atoms with E-state index in [-0.39, 0.29) is 17.5 Å². The second-order valence-electron chi connectivity index (χ2n) is 6.05. The number of methoxy groups -OCH3 is 1. The molecule has 3 rings (SSSR count). The van der Waals surface area contributed by atoms with Crippen LogP contribution in [-0.4, -0.2) is 23.4 Å². The summed E-state index contributed by atoms with van der Waals surface area (Å²) in [6.07, 6.45) is 3.62. The lowest BCUT2D eigenvalue weighted by molar-refractivity contribution is 0.262. The molecule has 0 saturated heterocycles. The Morgan fingerprint density at radius 1 is 0.786 bits per heavy atom. The molecule has 0 aromatic heterocycles. The molecule has 0 unspecified atom stereocenters. The molecule has 0 saturated carbocycles. The molecule has 0 atom stereocenters. The third kappa shape index (κ3) is 5.28. The summed E-state index contributed by atoms with van der Waals surface area (Å²) in [5.74, 6) is 0.722. The summed E-state index contributed by atoms with van der Waals surface area (Å²) in [6, 6.07) is 18.3. The number of hydrogen-bond donors (Lipinski definition) is 4. The predicted octanol–water partition coefficient (Wildman–Crippen LogP) is 4.92. The fourth-order valence-electron chi connectivity index (χ4n) is 2.55. The molecule has 0 aliphatic heterocycles. The Morgan fingerprint density at radius 3 is 1.82 bits per heavy atom. The molecule has 6 nitrogen and oxygen atoms in total. The zero-order valence-electron chi connectivity index (χ0n) is 15.2. The van der Waals surface area contributed by atoms with Crippen LogP contribution in [0.1, 0.15) is 11.1 Å². The lowest BCUT2D eigenvalue weighted by atomic mass is 10.1. The summed E-state index contributed by atoms with van der Waals surface area (Å²) < 4.78 is 5.08. The van der Waals surface area contributed by atoms with E-state index in [0.29, 0.717) is 16.9 Å². The van der Waals surface area contributed by atoms with E-state index in [1.54, 1.807) is 61.7 Å². The second kappa shape index (κ2) is 8.64. The molecular weight excluding hydrogens is 356 g/mol. The van der Waals surface area contributed by atoms with Crippen molar-refractivity contribution in [2.24, 2.45) is 0 Å². The Bertz CT molecular complexity index is 960. The van der Waals surface area contributed by atoms with Gasteiger partial charge in [0.1, 0.15) is 17.2 Å². The van der Waals surface area contributed by atoms with E-state index in [2.05, 4.69) is 10.6 Å². The zero-order valence-corrected chi connectivity index (χ0v) is 15.2. The van der Waals surface area contributed by atoms with Crippen molar-refractivity contribution in [3.8, 4) is 17.2 Å². The molecule has 0 heterocycles. The fraction of sp³-hybridized carbons (Fsp3) is 0.0455. The van der Waals surface area contributed by atoms with Crippen LogP contribution in [0.15, 0.2) is 66.7 Å². The third-order valence-corrected chi connectivity index (χ3v) is 3.91. The standard InChI is InChI=1S/C22H20N2O4/c1-28-21-10-8-18(9-11-21)24-22(27)23-17-6-4-15(5-7-17)2-3-16-12-19(25)14-20(26)13-16/h2-14,25-26H,1H3,(H2,23,24,27)/b3-2+. The van der Waals surface area contributed by atoms with Crippen LogP contribution in [0.3, 0.4) is 0 Å². The highest BCUT2D eigenvalue weighted by Gasteiger charge is 2.03. The average molecular weight is 376 g/mol. The minimum absolute atomic E-state index is 0.00192. The Kier molecular flexibility index (Phi) is 5.81. The van der Waals surface area contributed by atoms with Crippen molar-refractivity contribution < 1.29 is 19.7 Å². The molecule has 0 aliphatic rings. The van der Waals surface area contributed by atoms with Gasteiger partial charge < -0.3 is 25.6 Å². The molecule has 4 N–H and O–H groups in total. The highest BCUT2D eigenvalue weighted by molar-refractivity contribution is 5.99. The Hall–Kier alpha value is -3.93. The molecule has 0 bridgehead atoms. The Morgan fingerprint density at radius 2 is 1.29 bits per heavy atom. The molecule has 6 heteroatoms. The van der Waals surface area contributed by atoms with Crippen LogP contribution < -0.4 is 15.4 Å². The van der Waals surface area contributed by atoms with E-state index in [9.17, 15) is 15.0 Å². The average Bonchev–Trinajstić information content (AvgIpc) is 2.67. The summed E-state index contributed by atoms with van der Waals surface area (Å²) in [5, 5.41) is 24.5. The number of carbonyl (C=O) groups excluding carboxylic acids is 1. The number of nitrogens with one attached hydrogen (secondary N) is 2. The van der Waals surface area contributed by atoms with E-state index in [4.69, 9.17) is 4.74 Å². The van der Waals surface area contributed by atoms with Gasteiger partial charge >= 0.3 is 6.03 Å². The largest absolute Gasteiger partial charge is 0.508 e. The van der Waals surface area contributed by atoms with Gasteiger partial charge in [0.25, 0.3) is 0 Å². The number of urea groups is 1. The van der Waals surface area contributed by atoms with E-state index in [0.717, 1.165) is 11.3 Å². The summed E-state index contributed by atoms with van der Waals surface area (Å²) in [5.41, 5.74) is 2.90. The summed E-state index contributed by atoms with van der Waals surface area (Å²) in [4.78, 5) is 12.1. The summed E-state index contributed by atoms with van der Waals surface area (Å²) in [7, 11) is 1.58. The third-order valence-electron chi connectivity index (χ3n) is 3.91. The van der Waals surface area contributed by atoms with Crippen LogP contribution in [0.25, 0.3) is 12.2 Å². The Balaban J connectivity index is 1.58. The van der Waals surface area contributed by atoms with E-state index < -0.39 is 0 Å². The van der Waals surface area contributed by atoms with E-state index in [1.165, 1.54) is 6.07 Å². The van der Waals surface area contributed by atoms with Crippen molar-refractivity contribution in [3.05, 3.63) is 77.9 Å². The minimum atomic E-state index is -0.344. The van der Waals surface area contributed by atoms with Gasteiger partial charge in [-0.25, -0.2) is 4.79 Å². The number of phenols is 2. The molecule has 0 radical (unpaired) electrons. The fourth-order valence-corrected chi connectivity index (χ4v) is 2.55. The zero-order chi connectivity index (χ0) is 19.9. The first-order valence-corrected chi connectivity index (χ1v) is 8.55. The van der Waals surface area contributed by atoms with Gasteiger partial charge in [-0.15, -0.1) is 0 Å². The predicted molar refractivity (Wildman–Crippen MR) is 111 cm³/mol. The SMILES string of the molecule is COc1ccc(NC(=O)Nc2ccc(/C=C/c3cc(O)cc(O)c3)cc2)cc1. The topological polar surface area (TPSA) is 90.8 Å². The van der Waals surface area contributed by atoms with Crippen LogP contribution in [-0.2, 0) is 0 Å². The molecule has 3 aromatic carbocycles. The Labute approximate surface area is 162 Å². The molecular formula is C22H20N2O4. The number of phenolic OH excluding ortho intramolecular Hbond substituents is 2. The van der Waals surface area contributed by atoms with Crippen LogP contribution in [0, 0.1) is 0 Å². The van der Waals surface area contributed by atoms with Crippen LogP contribution in [0.4, 0.5) is 16.2 Å².